The molecule has 5 nitrogen and oxygen atoms in total. The first-order valence-electron chi connectivity index (χ1n) is 10.8. The molecule has 1 saturated heterocycles. The number of carbonyl (C=O) groups is 1. The van der Waals surface area contributed by atoms with Crippen LogP contribution >= 0.6 is 0 Å². The Hall–Kier alpha value is -2.40. The van der Waals surface area contributed by atoms with E-state index in [1.165, 1.54) is 11.1 Å². The van der Waals surface area contributed by atoms with E-state index in [1.807, 2.05) is 17.0 Å². The molecule has 5 heteroatoms. The molecule has 1 aromatic carbocycles. The van der Waals surface area contributed by atoms with Gasteiger partial charge in [0.25, 0.3) is 5.91 Å². The zero-order valence-electron chi connectivity index (χ0n) is 18.4. The maximum Gasteiger partial charge on any atom is 0.272 e. The summed E-state index contributed by atoms with van der Waals surface area (Å²) in [5.74, 6) is 0.872. The van der Waals surface area contributed by atoms with Gasteiger partial charge in [-0.15, -0.1) is 0 Å². The molecule has 3 rings (SSSR count). The molecule has 0 spiro atoms. The van der Waals surface area contributed by atoms with Gasteiger partial charge in [-0.05, 0) is 41.6 Å². The summed E-state index contributed by atoms with van der Waals surface area (Å²) < 4.78 is 0. The Morgan fingerprint density at radius 2 is 1.62 bits per heavy atom. The van der Waals surface area contributed by atoms with Crippen molar-refractivity contribution in [1.82, 2.24) is 14.8 Å². The van der Waals surface area contributed by atoms with Crippen LogP contribution in [0, 0.1) is 0 Å². The van der Waals surface area contributed by atoms with E-state index in [2.05, 4.69) is 68.0 Å². The normalized spacial score (nSPS) is 15.2. The Bertz CT molecular complexity index is 795. The van der Waals surface area contributed by atoms with Crippen LogP contribution in [0.15, 0.2) is 36.5 Å². The first-order valence-corrected chi connectivity index (χ1v) is 10.8. The number of rotatable bonds is 6. The van der Waals surface area contributed by atoms with Crippen molar-refractivity contribution < 1.29 is 4.79 Å². The largest absolute Gasteiger partial charge is 0.354 e. The standard InChI is InChI=1S/C24H34N4O/c1-6-27-12-14-28(15-13-27)24(29)22-11-10-19(16-25-22)26-23-20(17(2)3)8-7-9-21(23)18(4)5/h7-11,16-18,26H,6,12-15H2,1-5H3. The molecule has 2 heterocycles. The van der Waals surface area contributed by atoms with Gasteiger partial charge < -0.3 is 15.1 Å². The summed E-state index contributed by atoms with van der Waals surface area (Å²) in [6.07, 6.45) is 1.77. The van der Waals surface area contributed by atoms with E-state index < -0.39 is 0 Å². The number of benzene rings is 1. The molecular formula is C24H34N4O. The highest BCUT2D eigenvalue weighted by Crippen LogP contribution is 2.34. The Balaban J connectivity index is 1.76. The molecule has 0 saturated carbocycles. The molecule has 1 fully saturated rings. The first kappa shape index (κ1) is 21.3. The molecule has 29 heavy (non-hydrogen) atoms. The fourth-order valence-corrected chi connectivity index (χ4v) is 3.86. The van der Waals surface area contributed by atoms with Crippen LogP contribution in [0.25, 0.3) is 0 Å². The lowest BCUT2D eigenvalue weighted by Crippen LogP contribution is -2.48. The van der Waals surface area contributed by atoms with Gasteiger partial charge in [0.2, 0.25) is 0 Å². The fourth-order valence-electron chi connectivity index (χ4n) is 3.86. The van der Waals surface area contributed by atoms with Crippen molar-refractivity contribution in [2.75, 3.05) is 38.0 Å². The summed E-state index contributed by atoms with van der Waals surface area (Å²) in [4.78, 5) is 21.5. The number of carbonyl (C=O) groups excluding carboxylic acids is 1. The van der Waals surface area contributed by atoms with E-state index in [4.69, 9.17) is 0 Å². The molecule has 0 radical (unpaired) electrons. The molecule has 1 N–H and O–H groups in total. The lowest BCUT2D eigenvalue weighted by Gasteiger charge is -2.33. The summed E-state index contributed by atoms with van der Waals surface area (Å²) >= 11 is 0. The average molecular weight is 395 g/mol. The number of hydrogen-bond donors (Lipinski definition) is 1. The van der Waals surface area contributed by atoms with Gasteiger partial charge in [-0.2, -0.15) is 0 Å². The topological polar surface area (TPSA) is 48.5 Å². The van der Waals surface area contributed by atoms with E-state index in [9.17, 15) is 4.79 Å². The third-order valence-electron chi connectivity index (χ3n) is 5.73. The van der Waals surface area contributed by atoms with E-state index in [1.54, 1.807) is 6.20 Å². The van der Waals surface area contributed by atoms with Gasteiger partial charge in [0.05, 0.1) is 11.9 Å². The van der Waals surface area contributed by atoms with E-state index in [-0.39, 0.29) is 5.91 Å². The van der Waals surface area contributed by atoms with Gasteiger partial charge in [0.15, 0.2) is 0 Å². The minimum absolute atomic E-state index is 0.0257. The minimum Gasteiger partial charge on any atom is -0.354 e. The van der Waals surface area contributed by atoms with Crippen LogP contribution in [0.1, 0.15) is 68.1 Å². The molecule has 1 amide bonds. The summed E-state index contributed by atoms with van der Waals surface area (Å²) in [5.41, 5.74) is 5.18. The smallest absolute Gasteiger partial charge is 0.272 e. The molecule has 2 aromatic rings. The number of piperazine rings is 1. The van der Waals surface area contributed by atoms with Crippen molar-refractivity contribution in [3.8, 4) is 0 Å². The molecule has 1 aromatic heterocycles. The predicted octanol–water partition coefficient (Wildman–Crippen LogP) is 4.85. The van der Waals surface area contributed by atoms with Gasteiger partial charge in [-0.1, -0.05) is 52.8 Å². The van der Waals surface area contributed by atoms with Crippen LogP contribution in [-0.4, -0.2) is 53.4 Å². The maximum absolute atomic E-state index is 12.8. The Labute approximate surface area is 175 Å². The Morgan fingerprint density at radius 3 is 2.10 bits per heavy atom. The highest BCUT2D eigenvalue weighted by Gasteiger charge is 2.22. The summed E-state index contributed by atoms with van der Waals surface area (Å²) in [7, 11) is 0. The second-order valence-corrected chi connectivity index (χ2v) is 8.40. The SMILES string of the molecule is CCN1CCN(C(=O)c2ccc(Nc3c(C(C)C)cccc3C(C)C)cn2)CC1. The molecule has 0 atom stereocenters. The van der Waals surface area contributed by atoms with Crippen molar-refractivity contribution in [2.24, 2.45) is 0 Å². The Morgan fingerprint density at radius 1 is 1.00 bits per heavy atom. The van der Waals surface area contributed by atoms with Gasteiger partial charge in [0, 0.05) is 31.9 Å². The molecular weight excluding hydrogens is 360 g/mol. The number of aromatic nitrogens is 1. The maximum atomic E-state index is 12.8. The number of nitrogens with zero attached hydrogens (tertiary/aromatic N) is 3. The van der Waals surface area contributed by atoms with Crippen molar-refractivity contribution in [3.05, 3.63) is 53.3 Å². The number of para-hydroxylation sites is 1. The van der Waals surface area contributed by atoms with Crippen molar-refractivity contribution in [2.45, 2.75) is 46.5 Å². The number of pyridine rings is 1. The first-order chi connectivity index (χ1) is 13.9. The zero-order valence-corrected chi connectivity index (χ0v) is 18.4. The third kappa shape index (κ3) is 4.96. The molecule has 0 bridgehead atoms. The number of likely N-dealkylation sites (N-methyl/N-ethyl adjacent to an activating group) is 1. The highest BCUT2D eigenvalue weighted by molar-refractivity contribution is 5.92. The lowest BCUT2D eigenvalue weighted by atomic mass is 9.92. The zero-order chi connectivity index (χ0) is 21.0. The van der Waals surface area contributed by atoms with Crippen LogP contribution in [0.4, 0.5) is 11.4 Å². The van der Waals surface area contributed by atoms with Gasteiger partial charge in [-0.25, -0.2) is 4.98 Å². The number of amides is 1. The summed E-state index contributed by atoms with van der Waals surface area (Å²) in [5, 5.41) is 3.57. The molecule has 0 aliphatic carbocycles. The van der Waals surface area contributed by atoms with Crippen LogP contribution < -0.4 is 5.32 Å². The molecule has 1 aliphatic rings. The van der Waals surface area contributed by atoms with Crippen molar-refractivity contribution >= 4 is 17.3 Å². The predicted molar refractivity (Wildman–Crippen MR) is 120 cm³/mol. The van der Waals surface area contributed by atoms with Gasteiger partial charge in [-0.3, -0.25) is 4.79 Å². The third-order valence-corrected chi connectivity index (χ3v) is 5.73. The second kappa shape index (κ2) is 9.40. The average Bonchev–Trinajstić information content (AvgIpc) is 2.73. The van der Waals surface area contributed by atoms with Crippen LogP contribution in [0.5, 0.6) is 0 Å². The van der Waals surface area contributed by atoms with Crippen LogP contribution in [0.2, 0.25) is 0 Å². The number of anilines is 2. The van der Waals surface area contributed by atoms with Crippen LogP contribution in [-0.2, 0) is 0 Å². The second-order valence-electron chi connectivity index (χ2n) is 8.40. The van der Waals surface area contributed by atoms with E-state index in [0.717, 1.165) is 44.1 Å². The highest BCUT2D eigenvalue weighted by atomic mass is 16.2. The molecule has 156 valence electrons. The quantitative estimate of drug-likeness (QED) is 0.761. The fraction of sp³-hybridized carbons (Fsp3) is 0.500. The number of hydrogen-bond acceptors (Lipinski definition) is 4. The summed E-state index contributed by atoms with van der Waals surface area (Å²) in [6, 6.07) is 10.3. The van der Waals surface area contributed by atoms with Gasteiger partial charge in [0.1, 0.15) is 5.69 Å². The number of nitrogens with one attached hydrogen (secondary N) is 1. The van der Waals surface area contributed by atoms with E-state index in [0.29, 0.717) is 17.5 Å². The van der Waals surface area contributed by atoms with Crippen LogP contribution in [0.3, 0.4) is 0 Å². The van der Waals surface area contributed by atoms with Crippen molar-refractivity contribution in [3.63, 3.8) is 0 Å². The molecule has 0 unspecified atom stereocenters. The summed E-state index contributed by atoms with van der Waals surface area (Å²) in [6.45, 7) is 15.5. The lowest BCUT2D eigenvalue weighted by molar-refractivity contribution is 0.0637. The monoisotopic (exact) mass is 394 g/mol. The Kier molecular flexibility index (Phi) is 6.91. The van der Waals surface area contributed by atoms with Gasteiger partial charge >= 0.3 is 0 Å². The molecule has 1 aliphatic heterocycles. The van der Waals surface area contributed by atoms with Crippen molar-refractivity contribution in [1.29, 1.82) is 0 Å². The van der Waals surface area contributed by atoms with E-state index >= 15 is 0 Å². The minimum atomic E-state index is 0.0257.